The summed E-state index contributed by atoms with van der Waals surface area (Å²) < 4.78 is 25.6. The van der Waals surface area contributed by atoms with Gasteiger partial charge in [0.25, 0.3) is 5.92 Å². The highest BCUT2D eigenvalue weighted by Crippen LogP contribution is 2.29. The third kappa shape index (κ3) is 1.87. The summed E-state index contributed by atoms with van der Waals surface area (Å²) in [6.07, 6.45) is 1.65. The van der Waals surface area contributed by atoms with E-state index in [9.17, 15) is 13.6 Å². The third-order valence-corrected chi connectivity index (χ3v) is 2.85. The van der Waals surface area contributed by atoms with E-state index >= 15 is 0 Å². The number of likely N-dealkylation sites (N-methyl/N-ethyl adjacent to an activating group) is 1. The lowest BCUT2D eigenvalue weighted by Crippen LogP contribution is -2.42. The van der Waals surface area contributed by atoms with Crippen molar-refractivity contribution < 1.29 is 13.6 Å². The van der Waals surface area contributed by atoms with Crippen molar-refractivity contribution in [2.45, 2.75) is 37.3 Å². The lowest BCUT2D eigenvalue weighted by Gasteiger charge is -2.20. The fourth-order valence-electron chi connectivity index (χ4n) is 1.78. The maximum absolute atomic E-state index is 12.8. The van der Waals surface area contributed by atoms with Crippen LogP contribution < -0.4 is 5.32 Å². The molecule has 1 saturated carbocycles. The summed E-state index contributed by atoms with van der Waals surface area (Å²) in [6, 6.07) is -0.394. The standard InChI is InChI=1S/C9H14F2N2O/c1-13(6-2-3-6)8(14)7-4-9(10,11)5-12-7/h6-7,12H,2-5H2,1H3. The zero-order chi connectivity index (χ0) is 10.3. The molecular weight excluding hydrogens is 190 g/mol. The Morgan fingerprint density at radius 3 is 2.57 bits per heavy atom. The Labute approximate surface area is 81.4 Å². The number of nitrogens with one attached hydrogen (secondary N) is 1. The topological polar surface area (TPSA) is 32.3 Å². The van der Waals surface area contributed by atoms with Gasteiger partial charge in [0, 0.05) is 19.5 Å². The molecule has 2 aliphatic rings. The third-order valence-electron chi connectivity index (χ3n) is 2.85. The molecule has 1 unspecified atom stereocenters. The van der Waals surface area contributed by atoms with Crippen LogP contribution >= 0.6 is 0 Å². The van der Waals surface area contributed by atoms with E-state index in [1.54, 1.807) is 11.9 Å². The number of hydrogen-bond acceptors (Lipinski definition) is 2. The van der Waals surface area contributed by atoms with Gasteiger partial charge in [0.05, 0.1) is 12.6 Å². The van der Waals surface area contributed by atoms with Crippen LogP contribution in [0, 0.1) is 0 Å². The van der Waals surface area contributed by atoms with Crippen LogP contribution in [0.15, 0.2) is 0 Å². The molecule has 0 aromatic carbocycles. The molecule has 1 aliphatic carbocycles. The molecule has 14 heavy (non-hydrogen) atoms. The molecular formula is C9H14F2N2O. The molecule has 1 heterocycles. The number of amides is 1. The predicted octanol–water partition coefficient (Wildman–Crippen LogP) is 0.604. The van der Waals surface area contributed by atoms with E-state index in [1.165, 1.54) is 0 Å². The molecule has 0 spiro atoms. The summed E-state index contributed by atoms with van der Waals surface area (Å²) >= 11 is 0. The minimum Gasteiger partial charge on any atom is -0.341 e. The molecule has 0 radical (unpaired) electrons. The average Bonchev–Trinajstić information content (AvgIpc) is 2.89. The van der Waals surface area contributed by atoms with Gasteiger partial charge in [0.15, 0.2) is 0 Å². The zero-order valence-electron chi connectivity index (χ0n) is 8.09. The van der Waals surface area contributed by atoms with Crippen LogP contribution in [0.2, 0.25) is 0 Å². The van der Waals surface area contributed by atoms with Gasteiger partial charge in [-0.3, -0.25) is 10.1 Å². The SMILES string of the molecule is CN(C(=O)C1CC(F)(F)CN1)C1CC1. The molecule has 3 nitrogen and oxygen atoms in total. The van der Waals surface area contributed by atoms with Crippen LogP contribution in [0.25, 0.3) is 0 Å². The molecule has 1 saturated heterocycles. The van der Waals surface area contributed by atoms with Gasteiger partial charge >= 0.3 is 0 Å². The number of alkyl halides is 2. The van der Waals surface area contributed by atoms with Crippen molar-refractivity contribution in [3.8, 4) is 0 Å². The predicted molar refractivity (Wildman–Crippen MR) is 47.1 cm³/mol. The Hall–Kier alpha value is -0.710. The van der Waals surface area contributed by atoms with Crippen LogP contribution in [0.3, 0.4) is 0 Å². The number of rotatable bonds is 2. The molecule has 0 aromatic heterocycles. The van der Waals surface area contributed by atoms with Crippen LogP contribution in [-0.2, 0) is 4.79 Å². The summed E-state index contributed by atoms with van der Waals surface area (Å²) in [7, 11) is 1.69. The van der Waals surface area contributed by atoms with Gasteiger partial charge in [-0.1, -0.05) is 0 Å². The van der Waals surface area contributed by atoms with Crippen molar-refractivity contribution in [1.29, 1.82) is 0 Å². The lowest BCUT2D eigenvalue weighted by molar-refractivity contribution is -0.132. The molecule has 1 N–H and O–H groups in total. The Morgan fingerprint density at radius 2 is 2.14 bits per heavy atom. The van der Waals surface area contributed by atoms with Crippen molar-refractivity contribution >= 4 is 5.91 Å². The van der Waals surface area contributed by atoms with Crippen molar-refractivity contribution in [3.63, 3.8) is 0 Å². The van der Waals surface area contributed by atoms with Gasteiger partial charge in [-0.2, -0.15) is 0 Å². The van der Waals surface area contributed by atoms with Crippen molar-refractivity contribution in [1.82, 2.24) is 10.2 Å². The van der Waals surface area contributed by atoms with Gasteiger partial charge in [0.2, 0.25) is 5.91 Å². The van der Waals surface area contributed by atoms with E-state index in [2.05, 4.69) is 5.32 Å². The summed E-state index contributed by atoms with van der Waals surface area (Å²) in [5.74, 6) is -2.91. The second-order valence-electron chi connectivity index (χ2n) is 4.17. The van der Waals surface area contributed by atoms with Crippen molar-refractivity contribution in [3.05, 3.63) is 0 Å². The molecule has 2 rings (SSSR count). The lowest BCUT2D eigenvalue weighted by atomic mass is 10.1. The zero-order valence-corrected chi connectivity index (χ0v) is 8.09. The minimum absolute atomic E-state index is 0.190. The maximum Gasteiger partial charge on any atom is 0.262 e. The van der Waals surface area contributed by atoms with E-state index in [0.29, 0.717) is 6.04 Å². The number of nitrogens with zero attached hydrogens (tertiary/aromatic N) is 1. The first-order valence-corrected chi connectivity index (χ1v) is 4.87. The van der Waals surface area contributed by atoms with E-state index in [4.69, 9.17) is 0 Å². The fraction of sp³-hybridized carbons (Fsp3) is 0.889. The fourth-order valence-corrected chi connectivity index (χ4v) is 1.78. The van der Waals surface area contributed by atoms with Crippen LogP contribution in [0.5, 0.6) is 0 Å². The van der Waals surface area contributed by atoms with Gasteiger partial charge in [0.1, 0.15) is 0 Å². The molecule has 1 atom stereocenters. The summed E-state index contributed by atoms with van der Waals surface area (Å²) in [6.45, 7) is -0.373. The summed E-state index contributed by atoms with van der Waals surface area (Å²) in [4.78, 5) is 13.2. The minimum atomic E-state index is -2.72. The Bertz CT molecular complexity index is 253. The Balaban J connectivity index is 1.92. The first-order chi connectivity index (χ1) is 6.49. The summed E-state index contributed by atoms with van der Waals surface area (Å²) in [5, 5.41) is 2.57. The first kappa shape index (κ1) is 9.83. The second-order valence-corrected chi connectivity index (χ2v) is 4.17. The molecule has 1 amide bonds. The smallest absolute Gasteiger partial charge is 0.262 e. The van der Waals surface area contributed by atoms with Crippen LogP contribution in [0.4, 0.5) is 8.78 Å². The Kier molecular flexibility index (Phi) is 2.21. The van der Waals surface area contributed by atoms with E-state index in [1.807, 2.05) is 0 Å². The van der Waals surface area contributed by atoms with Gasteiger partial charge < -0.3 is 4.90 Å². The largest absolute Gasteiger partial charge is 0.341 e. The Morgan fingerprint density at radius 1 is 1.50 bits per heavy atom. The van der Waals surface area contributed by atoms with E-state index in [0.717, 1.165) is 12.8 Å². The molecule has 0 aromatic rings. The van der Waals surface area contributed by atoms with E-state index < -0.39 is 12.0 Å². The maximum atomic E-state index is 12.8. The average molecular weight is 204 g/mol. The van der Waals surface area contributed by atoms with Gasteiger partial charge in [-0.15, -0.1) is 0 Å². The molecule has 2 fully saturated rings. The number of hydrogen-bond donors (Lipinski definition) is 1. The van der Waals surface area contributed by atoms with Gasteiger partial charge in [-0.05, 0) is 12.8 Å². The summed E-state index contributed by atoms with van der Waals surface area (Å²) in [5.41, 5.74) is 0. The highest BCUT2D eigenvalue weighted by molar-refractivity contribution is 5.82. The quantitative estimate of drug-likeness (QED) is 0.714. The van der Waals surface area contributed by atoms with Crippen LogP contribution in [0.1, 0.15) is 19.3 Å². The normalized spacial score (nSPS) is 30.4. The molecule has 80 valence electrons. The van der Waals surface area contributed by atoms with E-state index in [-0.39, 0.29) is 18.9 Å². The van der Waals surface area contributed by atoms with Gasteiger partial charge in [-0.25, -0.2) is 8.78 Å². The number of carbonyl (C=O) groups excluding carboxylic acids is 1. The second kappa shape index (κ2) is 3.15. The monoisotopic (exact) mass is 204 g/mol. The number of halogens is 2. The highest BCUT2D eigenvalue weighted by Gasteiger charge is 2.44. The number of carbonyl (C=O) groups is 1. The molecule has 1 aliphatic heterocycles. The first-order valence-electron chi connectivity index (χ1n) is 4.87. The van der Waals surface area contributed by atoms with Crippen LogP contribution in [-0.4, -0.2) is 42.4 Å². The molecule has 5 heteroatoms. The molecule has 0 bridgehead atoms. The van der Waals surface area contributed by atoms with Crippen molar-refractivity contribution in [2.24, 2.45) is 0 Å². The highest BCUT2D eigenvalue weighted by atomic mass is 19.3. The van der Waals surface area contributed by atoms with Crippen molar-refractivity contribution in [2.75, 3.05) is 13.6 Å².